The van der Waals surface area contributed by atoms with Crippen LogP contribution < -0.4 is 10.1 Å². The van der Waals surface area contributed by atoms with E-state index in [-0.39, 0.29) is 30.3 Å². The zero-order chi connectivity index (χ0) is 27.7. The average Bonchev–Trinajstić information content (AvgIpc) is 3.52. The van der Waals surface area contributed by atoms with Crippen molar-refractivity contribution < 1.29 is 35.5 Å². The van der Waals surface area contributed by atoms with Crippen LogP contribution in [0.1, 0.15) is 17.5 Å². The number of nitrogens with zero attached hydrogens (tertiary/aromatic N) is 4. The van der Waals surface area contributed by atoms with Gasteiger partial charge in [0.2, 0.25) is 21.8 Å². The molecular weight excluding hydrogens is 530 g/mol. The van der Waals surface area contributed by atoms with Gasteiger partial charge in [-0.2, -0.15) is 22.7 Å². The largest absolute Gasteiger partial charge is 0.480 e. The lowest BCUT2D eigenvalue weighted by molar-refractivity contribution is -0.137. The van der Waals surface area contributed by atoms with E-state index in [1.54, 1.807) is 0 Å². The first-order valence-corrected chi connectivity index (χ1v) is 12.6. The number of benzene rings is 2. The maximum Gasteiger partial charge on any atom is 0.416 e. The fourth-order valence-electron chi connectivity index (χ4n) is 4.07. The first kappa shape index (κ1) is 27.1. The molecule has 0 saturated carbocycles. The third-order valence-corrected chi connectivity index (χ3v) is 7.91. The van der Waals surface area contributed by atoms with E-state index in [1.165, 1.54) is 30.1 Å². The fourth-order valence-corrected chi connectivity index (χ4v) is 5.71. The minimum absolute atomic E-state index is 0.0370. The quantitative estimate of drug-likeness (QED) is 0.451. The van der Waals surface area contributed by atoms with Gasteiger partial charge in [-0.25, -0.2) is 17.5 Å². The molecule has 14 heteroatoms. The summed E-state index contributed by atoms with van der Waals surface area (Å²) in [7, 11) is -2.87. The molecule has 1 aliphatic rings. The van der Waals surface area contributed by atoms with Crippen LogP contribution in [-0.4, -0.2) is 48.1 Å². The van der Waals surface area contributed by atoms with Gasteiger partial charge in [-0.1, -0.05) is 0 Å². The first-order chi connectivity index (χ1) is 17.9. The number of halogens is 4. The van der Waals surface area contributed by atoms with Crippen molar-refractivity contribution in [2.45, 2.75) is 30.1 Å². The molecule has 2 aromatic carbocycles. The lowest BCUT2D eigenvalue weighted by Crippen LogP contribution is -2.45. The van der Waals surface area contributed by atoms with Crippen molar-refractivity contribution in [3.05, 3.63) is 71.7 Å². The monoisotopic (exact) mass is 551 g/mol. The van der Waals surface area contributed by atoms with Crippen LogP contribution >= 0.6 is 0 Å². The van der Waals surface area contributed by atoms with Gasteiger partial charge < -0.3 is 10.1 Å². The SMILES string of the molecule is COc1nn(-c2ccc(C(F)(F)F)cc2)cc1CNC(=O)C1CC(C#N)CN1S(=O)(=O)c1ccc(F)cc1. The van der Waals surface area contributed by atoms with Gasteiger partial charge in [0.25, 0.3) is 0 Å². The lowest BCUT2D eigenvalue weighted by atomic mass is 10.1. The number of hydrogen-bond donors (Lipinski definition) is 1. The summed E-state index contributed by atoms with van der Waals surface area (Å²) in [5, 5.41) is 16.2. The second kappa shape index (κ2) is 10.4. The number of nitriles is 1. The zero-order valence-electron chi connectivity index (χ0n) is 19.8. The summed E-state index contributed by atoms with van der Waals surface area (Å²) in [5.41, 5.74) is -0.123. The number of amides is 1. The second-order valence-electron chi connectivity index (χ2n) is 8.48. The summed E-state index contributed by atoms with van der Waals surface area (Å²) in [6.45, 7) is -0.343. The molecule has 2 atom stereocenters. The van der Waals surface area contributed by atoms with Gasteiger partial charge in [0.15, 0.2) is 0 Å². The Morgan fingerprint density at radius 3 is 2.42 bits per heavy atom. The Hall–Kier alpha value is -3.96. The maximum absolute atomic E-state index is 13.3. The van der Waals surface area contributed by atoms with E-state index in [0.717, 1.165) is 40.7 Å². The maximum atomic E-state index is 13.3. The fraction of sp³-hybridized carbons (Fsp3) is 0.292. The van der Waals surface area contributed by atoms with E-state index in [9.17, 15) is 36.0 Å². The molecule has 0 aliphatic carbocycles. The number of aromatic nitrogens is 2. The second-order valence-corrected chi connectivity index (χ2v) is 10.4. The van der Waals surface area contributed by atoms with Crippen molar-refractivity contribution in [3.63, 3.8) is 0 Å². The molecule has 9 nitrogen and oxygen atoms in total. The molecule has 3 aromatic rings. The van der Waals surface area contributed by atoms with Crippen LogP contribution in [0.15, 0.2) is 59.6 Å². The van der Waals surface area contributed by atoms with Gasteiger partial charge in [0, 0.05) is 19.3 Å². The highest BCUT2D eigenvalue weighted by Gasteiger charge is 2.44. The van der Waals surface area contributed by atoms with Crippen LogP contribution in [0, 0.1) is 23.1 Å². The Morgan fingerprint density at radius 1 is 1.18 bits per heavy atom. The van der Waals surface area contributed by atoms with Crippen molar-refractivity contribution in [1.82, 2.24) is 19.4 Å². The molecule has 4 rings (SSSR count). The molecule has 1 saturated heterocycles. The molecule has 1 N–H and O–H groups in total. The van der Waals surface area contributed by atoms with Crippen molar-refractivity contribution >= 4 is 15.9 Å². The molecule has 0 bridgehead atoms. The van der Waals surface area contributed by atoms with Gasteiger partial charge in [-0.15, -0.1) is 5.10 Å². The Morgan fingerprint density at radius 2 is 1.84 bits per heavy atom. The molecule has 200 valence electrons. The molecule has 1 aromatic heterocycles. The van der Waals surface area contributed by atoms with Gasteiger partial charge >= 0.3 is 6.18 Å². The smallest absolute Gasteiger partial charge is 0.416 e. The standard InChI is InChI=1S/C24H21F4N5O4S/c1-37-23-16(14-32(31-23)19-6-2-17(3-7-19)24(26,27)28)12-30-22(34)21-10-15(11-29)13-33(21)38(35,36)20-8-4-18(25)5-9-20/h2-9,14-15,21H,10,12-13H2,1H3,(H,30,34). The molecule has 38 heavy (non-hydrogen) atoms. The summed E-state index contributed by atoms with van der Waals surface area (Å²) in [6, 6.07) is 9.22. The summed E-state index contributed by atoms with van der Waals surface area (Å²) in [5.74, 6) is -1.92. The first-order valence-electron chi connectivity index (χ1n) is 11.2. The van der Waals surface area contributed by atoms with Crippen LogP contribution in [0.25, 0.3) is 5.69 Å². The van der Waals surface area contributed by atoms with Crippen LogP contribution in [0.2, 0.25) is 0 Å². The lowest BCUT2D eigenvalue weighted by Gasteiger charge is -2.23. The van der Waals surface area contributed by atoms with E-state index >= 15 is 0 Å². The zero-order valence-corrected chi connectivity index (χ0v) is 20.6. The highest BCUT2D eigenvalue weighted by Crippen LogP contribution is 2.31. The normalized spacial score (nSPS) is 18.2. The van der Waals surface area contributed by atoms with E-state index in [0.29, 0.717) is 11.3 Å². The van der Waals surface area contributed by atoms with Crippen molar-refractivity contribution in [1.29, 1.82) is 5.26 Å². The number of ether oxygens (including phenoxy) is 1. The molecule has 0 radical (unpaired) electrons. The van der Waals surface area contributed by atoms with Crippen LogP contribution in [-0.2, 0) is 27.5 Å². The molecular formula is C24H21F4N5O4S. The molecule has 1 fully saturated rings. The Labute approximate surface area is 215 Å². The molecule has 2 unspecified atom stereocenters. The molecule has 2 heterocycles. The summed E-state index contributed by atoms with van der Waals surface area (Å²) < 4.78 is 85.6. The van der Waals surface area contributed by atoms with Gasteiger partial charge in [0.05, 0.1) is 40.8 Å². The Bertz CT molecular complexity index is 1470. The molecule has 1 aliphatic heterocycles. The average molecular weight is 552 g/mol. The number of alkyl halides is 3. The van der Waals surface area contributed by atoms with Gasteiger partial charge in [0.1, 0.15) is 11.9 Å². The number of rotatable bonds is 7. The molecule has 1 amide bonds. The van der Waals surface area contributed by atoms with Crippen molar-refractivity contribution in [2.75, 3.05) is 13.7 Å². The van der Waals surface area contributed by atoms with E-state index in [2.05, 4.69) is 10.4 Å². The highest BCUT2D eigenvalue weighted by molar-refractivity contribution is 7.89. The van der Waals surface area contributed by atoms with Crippen molar-refractivity contribution in [2.24, 2.45) is 5.92 Å². The van der Waals surface area contributed by atoms with E-state index in [1.807, 2.05) is 6.07 Å². The van der Waals surface area contributed by atoms with Crippen LogP contribution in [0.5, 0.6) is 5.88 Å². The minimum atomic E-state index is -4.49. The Balaban J connectivity index is 1.52. The number of carbonyl (C=O) groups excluding carboxylic acids is 1. The number of sulfonamides is 1. The summed E-state index contributed by atoms with van der Waals surface area (Å²) in [4.78, 5) is 12.9. The minimum Gasteiger partial charge on any atom is -0.480 e. The van der Waals surface area contributed by atoms with E-state index in [4.69, 9.17) is 4.74 Å². The predicted molar refractivity (Wildman–Crippen MR) is 125 cm³/mol. The number of methoxy groups -OCH3 is 1. The third-order valence-electron chi connectivity index (χ3n) is 6.02. The van der Waals surface area contributed by atoms with Gasteiger partial charge in [-0.3, -0.25) is 4.79 Å². The van der Waals surface area contributed by atoms with Crippen molar-refractivity contribution in [3.8, 4) is 17.6 Å². The van der Waals surface area contributed by atoms with Crippen LogP contribution in [0.3, 0.4) is 0 Å². The number of hydrogen-bond acceptors (Lipinski definition) is 6. The van der Waals surface area contributed by atoms with Crippen LogP contribution in [0.4, 0.5) is 17.6 Å². The molecule has 0 spiro atoms. The summed E-state index contributed by atoms with van der Waals surface area (Å²) in [6.07, 6.45) is -3.06. The van der Waals surface area contributed by atoms with E-state index < -0.39 is 45.4 Å². The summed E-state index contributed by atoms with van der Waals surface area (Å²) >= 11 is 0. The van der Waals surface area contributed by atoms with Gasteiger partial charge in [-0.05, 0) is 55.0 Å². The predicted octanol–water partition coefficient (Wildman–Crippen LogP) is 3.26. The number of nitrogens with one attached hydrogen (secondary N) is 1. The Kier molecular flexibility index (Phi) is 7.43. The number of carbonyl (C=O) groups is 1. The topological polar surface area (TPSA) is 117 Å². The highest BCUT2D eigenvalue weighted by atomic mass is 32.2. The third kappa shape index (κ3) is 5.48.